The van der Waals surface area contributed by atoms with E-state index in [2.05, 4.69) is 38.5 Å². The summed E-state index contributed by atoms with van der Waals surface area (Å²) in [6.45, 7) is 5.67. The maximum atomic E-state index is 13.6. The Kier molecular flexibility index (Phi) is 5.40. The molecule has 1 aliphatic carbocycles. The van der Waals surface area contributed by atoms with Gasteiger partial charge in [-0.3, -0.25) is 4.99 Å². The Morgan fingerprint density at radius 3 is 2.90 bits per heavy atom. The lowest BCUT2D eigenvalue weighted by Crippen LogP contribution is -2.39. The first kappa shape index (κ1) is 15.3. The summed E-state index contributed by atoms with van der Waals surface area (Å²) < 4.78 is 14.5. The van der Waals surface area contributed by atoms with Crippen molar-refractivity contribution in [1.29, 1.82) is 0 Å². The van der Waals surface area contributed by atoms with Crippen LogP contribution in [0.4, 0.5) is 4.39 Å². The number of halogens is 2. The monoisotopic (exact) mass is 341 g/mol. The van der Waals surface area contributed by atoms with E-state index in [-0.39, 0.29) is 5.82 Å². The summed E-state index contributed by atoms with van der Waals surface area (Å²) in [7, 11) is 0. The maximum absolute atomic E-state index is 13.6. The molecule has 0 heterocycles. The number of guanidine groups is 1. The number of nitrogens with one attached hydrogen (secondary N) is 2. The Morgan fingerprint density at radius 1 is 1.50 bits per heavy atom. The van der Waals surface area contributed by atoms with E-state index in [4.69, 9.17) is 0 Å². The average molecular weight is 342 g/mol. The molecular weight excluding hydrogens is 321 g/mol. The van der Waals surface area contributed by atoms with Gasteiger partial charge in [0.05, 0.1) is 0 Å². The Morgan fingerprint density at radius 2 is 2.25 bits per heavy atom. The van der Waals surface area contributed by atoms with E-state index in [1.165, 1.54) is 12.5 Å². The molecule has 5 heteroatoms. The SMILES string of the molecule is CCNC(=NCCc1cc(Br)ccc1F)NC1CC1C. The quantitative estimate of drug-likeness (QED) is 0.637. The van der Waals surface area contributed by atoms with Crippen molar-refractivity contribution < 1.29 is 4.39 Å². The van der Waals surface area contributed by atoms with E-state index >= 15 is 0 Å². The number of hydrogen-bond donors (Lipinski definition) is 2. The fraction of sp³-hybridized carbons (Fsp3) is 0.533. The van der Waals surface area contributed by atoms with Crippen LogP contribution in [-0.4, -0.2) is 25.1 Å². The third kappa shape index (κ3) is 4.47. The fourth-order valence-electron chi connectivity index (χ4n) is 2.04. The van der Waals surface area contributed by atoms with Crippen molar-refractivity contribution in [2.24, 2.45) is 10.9 Å². The summed E-state index contributed by atoms with van der Waals surface area (Å²) >= 11 is 3.36. The molecule has 1 aliphatic rings. The second-order valence-electron chi connectivity index (χ2n) is 5.21. The summed E-state index contributed by atoms with van der Waals surface area (Å²) in [6, 6.07) is 5.55. The van der Waals surface area contributed by atoms with Crippen LogP contribution in [0.1, 0.15) is 25.8 Å². The minimum absolute atomic E-state index is 0.169. The minimum Gasteiger partial charge on any atom is -0.357 e. The lowest BCUT2D eigenvalue weighted by atomic mass is 10.1. The Labute approximate surface area is 128 Å². The van der Waals surface area contributed by atoms with Gasteiger partial charge in [-0.2, -0.15) is 0 Å². The molecule has 1 aromatic carbocycles. The van der Waals surface area contributed by atoms with Gasteiger partial charge in [0.2, 0.25) is 0 Å². The van der Waals surface area contributed by atoms with Gasteiger partial charge >= 0.3 is 0 Å². The Hall–Kier alpha value is -1.10. The highest BCUT2D eigenvalue weighted by molar-refractivity contribution is 9.10. The van der Waals surface area contributed by atoms with E-state index in [9.17, 15) is 4.39 Å². The van der Waals surface area contributed by atoms with Gasteiger partial charge in [-0.15, -0.1) is 0 Å². The van der Waals surface area contributed by atoms with Crippen molar-refractivity contribution >= 4 is 21.9 Å². The van der Waals surface area contributed by atoms with Gasteiger partial charge in [-0.05, 0) is 49.4 Å². The molecule has 1 aromatic rings. The summed E-state index contributed by atoms with van der Waals surface area (Å²) in [5.41, 5.74) is 0.693. The van der Waals surface area contributed by atoms with Crippen molar-refractivity contribution in [2.45, 2.75) is 32.7 Å². The Balaban J connectivity index is 1.90. The molecule has 0 amide bonds. The van der Waals surface area contributed by atoms with Crippen LogP contribution in [0.15, 0.2) is 27.7 Å². The van der Waals surface area contributed by atoms with Gasteiger partial charge < -0.3 is 10.6 Å². The third-order valence-corrected chi connectivity index (χ3v) is 3.93. The molecule has 0 aromatic heterocycles. The number of hydrogen-bond acceptors (Lipinski definition) is 1. The van der Waals surface area contributed by atoms with Gasteiger partial charge in [0, 0.05) is 23.6 Å². The molecule has 1 saturated carbocycles. The fourth-order valence-corrected chi connectivity index (χ4v) is 2.45. The molecule has 20 heavy (non-hydrogen) atoms. The van der Waals surface area contributed by atoms with Crippen molar-refractivity contribution in [2.75, 3.05) is 13.1 Å². The zero-order valence-electron chi connectivity index (χ0n) is 11.9. The second kappa shape index (κ2) is 7.07. The van der Waals surface area contributed by atoms with Crippen molar-refractivity contribution in [3.63, 3.8) is 0 Å². The van der Waals surface area contributed by atoms with Crippen molar-refractivity contribution in [3.05, 3.63) is 34.1 Å². The molecule has 2 atom stereocenters. The highest BCUT2D eigenvalue weighted by atomic mass is 79.9. The normalized spacial score (nSPS) is 21.7. The molecule has 110 valence electrons. The first-order valence-electron chi connectivity index (χ1n) is 7.09. The lowest BCUT2D eigenvalue weighted by Gasteiger charge is -2.10. The Bertz CT molecular complexity index is 490. The molecule has 3 nitrogen and oxygen atoms in total. The van der Waals surface area contributed by atoms with E-state index < -0.39 is 0 Å². The van der Waals surface area contributed by atoms with Crippen LogP contribution in [-0.2, 0) is 6.42 Å². The van der Waals surface area contributed by atoms with Gasteiger partial charge in [-0.25, -0.2) is 4.39 Å². The number of aliphatic imine (C=N–C) groups is 1. The van der Waals surface area contributed by atoms with Gasteiger partial charge in [0.15, 0.2) is 5.96 Å². The molecule has 0 spiro atoms. The zero-order chi connectivity index (χ0) is 14.5. The summed E-state index contributed by atoms with van der Waals surface area (Å²) in [5.74, 6) is 1.39. The first-order chi connectivity index (χ1) is 9.60. The van der Waals surface area contributed by atoms with Crippen LogP contribution >= 0.6 is 15.9 Å². The summed E-state index contributed by atoms with van der Waals surface area (Å²) in [4.78, 5) is 4.51. The molecule has 1 fully saturated rings. The molecule has 0 aliphatic heterocycles. The van der Waals surface area contributed by atoms with Crippen LogP contribution in [0.3, 0.4) is 0 Å². The maximum Gasteiger partial charge on any atom is 0.191 e. The van der Waals surface area contributed by atoms with E-state index in [1.54, 1.807) is 6.07 Å². The molecule has 0 saturated heterocycles. The minimum atomic E-state index is -0.169. The van der Waals surface area contributed by atoms with Crippen LogP contribution in [0.25, 0.3) is 0 Å². The highest BCUT2D eigenvalue weighted by Crippen LogP contribution is 2.28. The number of benzene rings is 1. The summed E-state index contributed by atoms with van der Waals surface area (Å²) in [5, 5.41) is 6.61. The van der Waals surface area contributed by atoms with Crippen LogP contribution in [0, 0.1) is 11.7 Å². The third-order valence-electron chi connectivity index (χ3n) is 3.43. The van der Waals surface area contributed by atoms with Crippen LogP contribution in [0.2, 0.25) is 0 Å². The van der Waals surface area contributed by atoms with Crippen molar-refractivity contribution in [3.8, 4) is 0 Å². The molecule has 0 bridgehead atoms. The second-order valence-corrected chi connectivity index (χ2v) is 6.13. The van der Waals surface area contributed by atoms with Gasteiger partial charge in [0.1, 0.15) is 5.82 Å². The zero-order valence-corrected chi connectivity index (χ0v) is 13.5. The molecule has 2 rings (SSSR count). The van der Waals surface area contributed by atoms with Crippen LogP contribution < -0.4 is 10.6 Å². The van der Waals surface area contributed by atoms with Crippen LogP contribution in [0.5, 0.6) is 0 Å². The largest absolute Gasteiger partial charge is 0.357 e. The van der Waals surface area contributed by atoms with E-state index in [0.29, 0.717) is 24.6 Å². The molecule has 2 N–H and O–H groups in total. The summed E-state index contributed by atoms with van der Waals surface area (Å²) in [6.07, 6.45) is 1.80. The average Bonchev–Trinajstić information content (AvgIpc) is 3.09. The number of nitrogens with zero attached hydrogens (tertiary/aromatic N) is 1. The first-order valence-corrected chi connectivity index (χ1v) is 7.88. The highest BCUT2D eigenvalue weighted by Gasteiger charge is 2.33. The van der Waals surface area contributed by atoms with E-state index in [0.717, 1.165) is 22.9 Å². The topological polar surface area (TPSA) is 36.4 Å². The number of rotatable bonds is 5. The molecular formula is C15H21BrFN3. The van der Waals surface area contributed by atoms with Gasteiger partial charge in [0.25, 0.3) is 0 Å². The smallest absolute Gasteiger partial charge is 0.191 e. The standard InChI is InChI=1S/C15H21BrFN3/c1-3-18-15(20-14-8-10(14)2)19-7-6-11-9-12(16)4-5-13(11)17/h4-5,9-10,14H,3,6-8H2,1-2H3,(H2,18,19,20). The van der Waals surface area contributed by atoms with E-state index in [1.807, 2.05) is 13.0 Å². The molecule has 2 unspecified atom stereocenters. The molecule has 0 radical (unpaired) electrons. The lowest BCUT2D eigenvalue weighted by molar-refractivity contribution is 0.609. The predicted octanol–water partition coefficient (Wildman–Crippen LogP) is 3.09. The van der Waals surface area contributed by atoms with Crippen molar-refractivity contribution in [1.82, 2.24) is 10.6 Å². The predicted molar refractivity (Wildman–Crippen MR) is 84.5 cm³/mol. The van der Waals surface area contributed by atoms with Gasteiger partial charge in [-0.1, -0.05) is 22.9 Å².